The van der Waals surface area contributed by atoms with Crippen LogP contribution in [0, 0.1) is 29.1 Å². The van der Waals surface area contributed by atoms with Crippen molar-refractivity contribution >= 4 is 21.6 Å². The van der Waals surface area contributed by atoms with Gasteiger partial charge in [-0.15, -0.1) is 0 Å². The van der Waals surface area contributed by atoms with E-state index in [2.05, 4.69) is 0 Å². The zero-order valence-corrected chi connectivity index (χ0v) is 14.2. The van der Waals surface area contributed by atoms with Gasteiger partial charge in [-0.25, -0.2) is 8.42 Å². The molecule has 3 rings (SSSR count). The number of ketones is 1. The van der Waals surface area contributed by atoms with E-state index in [1.807, 2.05) is 13.0 Å². The Bertz CT molecular complexity index is 681. The minimum atomic E-state index is -3.41. The number of allylic oxidation sites excluding steroid dienone is 2. The highest BCUT2D eigenvalue weighted by molar-refractivity contribution is 7.90. The van der Waals surface area contributed by atoms with Crippen LogP contribution in [0.4, 0.5) is 0 Å². The molecule has 0 bridgehead atoms. The van der Waals surface area contributed by atoms with Crippen molar-refractivity contribution in [3.8, 4) is 0 Å². The van der Waals surface area contributed by atoms with E-state index in [1.54, 1.807) is 6.92 Å². The summed E-state index contributed by atoms with van der Waals surface area (Å²) in [5.41, 5.74) is -1.03. The van der Waals surface area contributed by atoms with Crippen LogP contribution >= 0.6 is 0 Å². The zero-order chi connectivity index (χ0) is 17.2. The molecule has 1 saturated heterocycles. The highest BCUT2D eigenvalue weighted by Gasteiger charge is 2.61. The van der Waals surface area contributed by atoms with Gasteiger partial charge in [0.25, 0.3) is 0 Å². The van der Waals surface area contributed by atoms with E-state index in [-0.39, 0.29) is 23.4 Å². The van der Waals surface area contributed by atoms with Crippen molar-refractivity contribution in [1.29, 1.82) is 0 Å². The Kier molecular flexibility index (Phi) is 3.72. The summed E-state index contributed by atoms with van der Waals surface area (Å²) in [4.78, 5) is 24.6. The molecule has 0 spiro atoms. The number of rotatable bonds is 2. The first kappa shape index (κ1) is 16.6. The molecule has 7 heteroatoms. The lowest BCUT2D eigenvalue weighted by molar-refractivity contribution is -0.144. The van der Waals surface area contributed by atoms with Gasteiger partial charge >= 0.3 is 5.97 Å². The van der Waals surface area contributed by atoms with Gasteiger partial charge in [-0.1, -0.05) is 13.0 Å². The molecule has 1 heterocycles. The maximum Gasteiger partial charge on any atom is 0.310 e. The van der Waals surface area contributed by atoms with Crippen LogP contribution in [0.2, 0.25) is 0 Å². The topological polar surface area (TPSA) is 97.7 Å². The number of aliphatic hydroxyl groups excluding tert-OH is 1. The lowest BCUT2D eigenvalue weighted by atomic mass is 9.67. The van der Waals surface area contributed by atoms with E-state index in [0.717, 1.165) is 6.26 Å². The van der Waals surface area contributed by atoms with Gasteiger partial charge in [0.2, 0.25) is 0 Å². The summed E-state index contributed by atoms with van der Waals surface area (Å²) in [6.45, 7) is 3.68. The molecule has 2 aliphatic carbocycles. The van der Waals surface area contributed by atoms with Gasteiger partial charge < -0.3 is 9.84 Å². The molecular formula is C16H22O6S. The summed E-state index contributed by atoms with van der Waals surface area (Å²) in [6, 6.07) is 0. The van der Waals surface area contributed by atoms with E-state index in [1.165, 1.54) is 6.08 Å². The predicted molar refractivity (Wildman–Crippen MR) is 82.1 cm³/mol. The molecule has 128 valence electrons. The molecule has 0 aromatic carbocycles. The molecule has 1 saturated carbocycles. The molecule has 1 N–H and O–H groups in total. The van der Waals surface area contributed by atoms with Crippen molar-refractivity contribution in [2.24, 2.45) is 29.1 Å². The van der Waals surface area contributed by atoms with Gasteiger partial charge in [-0.05, 0) is 31.3 Å². The van der Waals surface area contributed by atoms with Crippen molar-refractivity contribution < 1.29 is 27.9 Å². The molecule has 7 unspecified atom stereocenters. The number of fused-ring (bicyclic) bond motifs is 2. The average molecular weight is 342 g/mol. The maximum atomic E-state index is 12.4. The summed E-state index contributed by atoms with van der Waals surface area (Å²) in [7, 11) is -3.41. The van der Waals surface area contributed by atoms with E-state index >= 15 is 0 Å². The van der Waals surface area contributed by atoms with Gasteiger partial charge in [0.05, 0.1) is 23.2 Å². The third-order valence-electron chi connectivity index (χ3n) is 5.82. The predicted octanol–water partition coefficient (Wildman–Crippen LogP) is 0.351. The number of hydrogen-bond acceptors (Lipinski definition) is 6. The molecule has 6 nitrogen and oxygen atoms in total. The highest BCUT2D eigenvalue weighted by atomic mass is 32.2. The Morgan fingerprint density at radius 1 is 1.39 bits per heavy atom. The molecule has 0 aromatic rings. The molecule has 7 atom stereocenters. The van der Waals surface area contributed by atoms with Crippen molar-refractivity contribution in [3.63, 3.8) is 0 Å². The van der Waals surface area contributed by atoms with E-state index in [0.29, 0.717) is 6.42 Å². The van der Waals surface area contributed by atoms with Crippen molar-refractivity contribution in [1.82, 2.24) is 0 Å². The number of esters is 1. The van der Waals surface area contributed by atoms with Crippen LogP contribution in [0.1, 0.15) is 20.3 Å². The average Bonchev–Trinajstić information content (AvgIpc) is 2.85. The summed E-state index contributed by atoms with van der Waals surface area (Å²) >= 11 is 0. The first-order valence-electron chi connectivity index (χ1n) is 7.84. The lowest BCUT2D eigenvalue weighted by Gasteiger charge is -2.38. The molecule has 0 aromatic heterocycles. The summed E-state index contributed by atoms with van der Waals surface area (Å²) in [5.74, 6) is -2.78. The van der Waals surface area contributed by atoms with Crippen LogP contribution in [0.3, 0.4) is 0 Å². The van der Waals surface area contributed by atoms with Crippen LogP contribution in [-0.4, -0.2) is 49.5 Å². The Morgan fingerprint density at radius 2 is 2.04 bits per heavy atom. The van der Waals surface area contributed by atoms with E-state index in [9.17, 15) is 23.1 Å². The molecular weight excluding hydrogens is 320 g/mol. The second-order valence-corrected chi connectivity index (χ2v) is 9.63. The number of carbonyl (C=O) groups is 2. The Hall–Kier alpha value is -1.21. The molecule has 2 fully saturated rings. The Labute approximate surface area is 135 Å². The van der Waals surface area contributed by atoms with E-state index in [4.69, 9.17) is 4.74 Å². The van der Waals surface area contributed by atoms with Crippen molar-refractivity contribution in [3.05, 3.63) is 12.2 Å². The van der Waals surface area contributed by atoms with Crippen LogP contribution in [0.5, 0.6) is 0 Å². The number of aliphatic hydroxyl groups is 1. The second-order valence-electron chi connectivity index (χ2n) is 7.44. The fourth-order valence-corrected chi connectivity index (χ4v) is 5.65. The van der Waals surface area contributed by atoms with E-state index < -0.39 is 45.3 Å². The third kappa shape index (κ3) is 2.45. The molecule has 23 heavy (non-hydrogen) atoms. The lowest BCUT2D eigenvalue weighted by Crippen LogP contribution is -2.49. The first-order chi connectivity index (χ1) is 10.6. The van der Waals surface area contributed by atoms with Crippen LogP contribution in [0.25, 0.3) is 0 Å². The number of hydrogen-bond donors (Lipinski definition) is 1. The quantitative estimate of drug-likeness (QED) is 0.727. The number of sulfone groups is 1. The fraction of sp³-hybridized carbons (Fsp3) is 0.750. The smallest absolute Gasteiger partial charge is 0.310 e. The molecule has 0 amide bonds. The summed E-state index contributed by atoms with van der Waals surface area (Å²) < 4.78 is 28.7. The number of ether oxygens (including phenoxy) is 1. The highest BCUT2D eigenvalue weighted by Crippen LogP contribution is 2.53. The minimum Gasteiger partial charge on any atom is -0.462 e. The first-order valence-corrected chi connectivity index (χ1v) is 9.90. The monoisotopic (exact) mass is 342 g/mol. The molecule has 1 aliphatic heterocycles. The SMILES string of the molecule is CC1CC2OC(=O)C(CS(C)(=O)=O)C2C(O)C2(C)C(=O)C=CC12. The van der Waals surface area contributed by atoms with Crippen LogP contribution in [0.15, 0.2) is 12.2 Å². The summed E-state index contributed by atoms with van der Waals surface area (Å²) in [6.07, 6.45) is 3.25. The number of carbonyl (C=O) groups excluding carboxylic acids is 2. The summed E-state index contributed by atoms with van der Waals surface area (Å²) in [5, 5.41) is 11.0. The van der Waals surface area contributed by atoms with Gasteiger partial charge in [-0.3, -0.25) is 9.59 Å². The van der Waals surface area contributed by atoms with Crippen LogP contribution < -0.4 is 0 Å². The Balaban J connectivity index is 2.03. The minimum absolute atomic E-state index is 0.0529. The zero-order valence-electron chi connectivity index (χ0n) is 13.4. The third-order valence-corrected chi connectivity index (χ3v) is 6.79. The van der Waals surface area contributed by atoms with Crippen molar-refractivity contribution in [2.75, 3.05) is 12.0 Å². The fourth-order valence-electron chi connectivity index (χ4n) is 4.64. The largest absolute Gasteiger partial charge is 0.462 e. The second kappa shape index (κ2) is 5.14. The normalized spacial score (nSPS) is 46.3. The van der Waals surface area contributed by atoms with Crippen molar-refractivity contribution in [2.45, 2.75) is 32.5 Å². The van der Waals surface area contributed by atoms with Gasteiger partial charge in [0.15, 0.2) is 5.78 Å². The van der Waals surface area contributed by atoms with Gasteiger partial charge in [0.1, 0.15) is 15.9 Å². The Morgan fingerprint density at radius 3 is 2.65 bits per heavy atom. The molecule has 0 radical (unpaired) electrons. The standard InChI is InChI=1S/C16H22O6S/c1-8-6-11-13(9(15(19)22-11)7-23(3,20)21)14(18)16(2)10(8)4-5-12(16)17/h4-5,8-11,13-14,18H,6-7H2,1-3H3. The van der Waals surface area contributed by atoms with Crippen LogP contribution in [-0.2, 0) is 24.2 Å². The van der Waals surface area contributed by atoms with Gasteiger partial charge in [0, 0.05) is 12.2 Å². The maximum absolute atomic E-state index is 12.4. The molecule has 3 aliphatic rings. The van der Waals surface area contributed by atoms with Gasteiger partial charge in [-0.2, -0.15) is 0 Å².